The number of aromatic nitrogens is 2. The van der Waals surface area contributed by atoms with E-state index in [0.717, 1.165) is 36.7 Å². The van der Waals surface area contributed by atoms with Crippen molar-refractivity contribution in [2.75, 3.05) is 20.1 Å². The van der Waals surface area contributed by atoms with Crippen LogP contribution in [0, 0.1) is 13.8 Å². The van der Waals surface area contributed by atoms with E-state index in [1.807, 2.05) is 13.8 Å². The van der Waals surface area contributed by atoms with Crippen molar-refractivity contribution >= 4 is 0 Å². The molecule has 0 aliphatic heterocycles. The molecule has 0 aromatic carbocycles. The molecule has 0 atom stereocenters. The minimum atomic E-state index is 0.874. The Labute approximate surface area is 86.2 Å². The Balaban J connectivity index is 2.58. The summed E-state index contributed by atoms with van der Waals surface area (Å²) in [6, 6.07) is 2.07. The average molecular weight is 193 g/mol. The van der Waals surface area contributed by atoms with Crippen LogP contribution in [0.3, 0.4) is 0 Å². The quantitative estimate of drug-likeness (QED) is 0.727. The minimum Gasteiger partial charge on any atom is -0.306 e. The summed E-state index contributed by atoms with van der Waals surface area (Å²) in [6.45, 7) is 8.27. The molecule has 3 nitrogen and oxygen atoms in total. The van der Waals surface area contributed by atoms with Crippen LogP contribution >= 0.6 is 0 Å². The summed E-state index contributed by atoms with van der Waals surface area (Å²) in [6.07, 6.45) is 1.01. The van der Waals surface area contributed by atoms with Crippen LogP contribution in [-0.4, -0.2) is 35.0 Å². The molecular formula is C11H19N3. The SMILES string of the molecule is CCN(C)CCc1cc(C)nc(C)n1. The Kier molecular flexibility index (Phi) is 4.01. The zero-order chi connectivity index (χ0) is 10.6. The predicted molar refractivity (Wildman–Crippen MR) is 58.4 cm³/mol. The third-order valence-corrected chi connectivity index (χ3v) is 2.31. The third-order valence-electron chi connectivity index (χ3n) is 2.31. The van der Waals surface area contributed by atoms with Crippen molar-refractivity contribution < 1.29 is 0 Å². The molecule has 0 spiro atoms. The molecule has 0 radical (unpaired) electrons. The van der Waals surface area contributed by atoms with Gasteiger partial charge in [-0.05, 0) is 33.5 Å². The first-order chi connectivity index (χ1) is 6.61. The Morgan fingerprint density at radius 2 is 2.00 bits per heavy atom. The summed E-state index contributed by atoms with van der Waals surface area (Å²) >= 11 is 0. The first kappa shape index (κ1) is 11.1. The summed E-state index contributed by atoms with van der Waals surface area (Å²) in [4.78, 5) is 10.9. The van der Waals surface area contributed by atoms with Crippen molar-refractivity contribution in [2.45, 2.75) is 27.2 Å². The number of hydrogen-bond donors (Lipinski definition) is 0. The second-order valence-electron chi connectivity index (χ2n) is 3.69. The molecule has 78 valence electrons. The first-order valence-electron chi connectivity index (χ1n) is 5.11. The van der Waals surface area contributed by atoms with Crippen LogP contribution in [-0.2, 0) is 6.42 Å². The van der Waals surface area contributed by atoms with Crippen LogP contribution in [0.15, 0.2) is 6.07 Å². The number of nitrogens with zero attached hydrogens (tertiary/aromatic N) is 3. The van der Waals surface area contributed by atoms with Crippen molar-refractivity contribution in [3.63, 3.8) is 0 Å². The highest BCUT2D eigenvalue weighted by Crippen LogP contribution is 2.01. The van der Waals surface area contributed by atoms with Gasteiger partial charge in [-0.1, -0.05) is 6.92 Å². The molecule has 0 saturated carbocycles. The summed E-state index contributed by atoms with van der Waals surface area (Å²) in [5.41, 5.74) is 2.21. The van der Waals surface area contributed by atoms with Crippen molar-refractivity contribution in [1.82, 2.24) is 14.9 Å². The van der Waals surface area contributed by atoms with E-state index in [1.54, 1.807) is 0 Å². The molecule has 1 heterocycles. The summed E-state index contributed by atoms with van der Waals surface area (Å²) in [5, 5.41) is 0. The van der Waals surface area contributed by atoms with Crippen molar-refractivity contribution in [3.8, 4) is 0 Å². The average Bonchev–Trinajstić information content (AvgIpc) is 2.12. The topological polar surface area (TPSA) is 29.0 Å². The maximum absolute atomic E-state index is 4.40. The molecule has 0 aliphatic carbocycles. The van der Waals surface area contributed by atoms with Gasteiger partial charge in [0.2, 0.25) is 0 Å². The van der Waals surface area contributed by atoms with Crippen LogP contribution in [0.2, 0.25) is 0 Å². The largest absolute Gasteiger partial charge is 0.306 e. The van der Waals surface area contributed by atoms with Gasteiger partial charge in [-0.25, -0.2) is 9.97 Å². The fourth-order valence-corrected chi connectivity index (χ4v) is 1.39. The molecule has 1 rings (SSSR count). The van der Waals surface area contributed by atoms with E-state index < -0.39 is 0 Å². The zero-order valence-electron chi connectivity index (χ0n) is 9.54. The lowest BCUT2D eigenvalue weighted by Gasteiger charge is -2.13. The number of hydrogen-bond acceptors (Lipinski definition) is 3. The molecule has 14 heavy (non-hydrogen) atoms. The maximum Gasteiger partial charge on any atom is 0.125 e. The smallest absolute Gasteiger partial charge is 0.125 e. The van der Waals surface area contributed by atoms with Crippen LogP contribution in [0.25, 0.3) is 0 Å². The lowest BCUT2D eigenvalue weighted by molar-refractivity contribution is 0.356. The van der Waals surface area contributed by atoms with E-state index in [-0.39, 0.29) is 0 Å². The van der Waals surface area contributed by atoms with Crippen LogP contribution < -0.4 is 0 Å². The third kappa shape index (κ3) is 3.42. The van der Waals surface area contributed by atoms with Gasteiger partial charge in [0, 0.05) is 24.4 Å². The highest BCUT2D eigenvalue weighted by atomic mass is 15.1. The van der Waals surface area contributed by atoms with Crippen molar-refractivity contribution in [2.24, 2.45) is 0 Å². The van der Waals surface area contributed by atoms with E-state index in [0.29, 0.717) is 0 Å². The monoisotopic (exact) mass is 193 g/mol. The van der Waals surface area contributed by atoms with Gasteiger partial charge in [-0.3, -0.25) is 0 Å². The van der Waals surface area contributed by atoms with E-state index >= 15 is 0 Å². The van der Waals surface area contributed by atoms with Crippen LogP contribution in [0.1, 0.15) is 24.1 Å². The fourth-order valence-electron chi connectivity index (χ4n) is 1.39. The number of likely N-dealkylation sites (N-methyl/N-ethyl adjacent to an activating group) is 1. The Bertz CT molecular complexity index is 276. The molecule has 0 fully saturated rings. The van der Waals surface area contributed by atoms with Crippen LogP contribution in [0.4, 0.5) is 0 Å². The molecule has 0 N–H and O–H groups in total. The van der Waals surface area contributed by atoms with Gasteiger partial charge >= 0.3 is 0 Å². The summed E-state index contributed by atoms with van der Waals surface area (Å²) < 4.78 is 0. The van der Waals surface area contributed by atoms with Gasteiger partial charge in [-0.2, -0.15) is 0 Å². The zero-order valence-corrected chi connectivity index (χ0v) is 9.54. The van der Waals surface area contributed by atoms with E-state index in [9.17, 15) is 0 Å². The highest BCUT2D eigenvalue weighted by molar-refractivity contribution is 5.09. The molecule has 1 aromatic rings. The molecule has 1 aromatic heterocycles. The molecule has 3 heteroatoms. The molecule has 0 unspecified atom stereocenters. The molecule has 0 amide bonds. The summed E-state index contributed by atoms with van der Waals surface area (Å²) in [5.74, 6) is 0.874. The predicted octanol–water partition coefficient (Wildman–Crippen LogP) is 1.59. The lowest BCUT2D eigenvalue weighted by atomic mass is 10.2. The van der Waals surface area contributed by atoms with Gasteiger partial charge < -0.3 is 4.90 Å². The minimum absolute atomic E-state index is 0.874. The first-order valence-corrected chi connectivity index (χ1v) is 5.11. The standard InChI is InChI=1S/C11H19N3/c1-5-14(4)7-6-11-8-9(2)12-10(3)13-11/h8H,5-7H2,1-4H3. The second kappa shape index (κ2) is 5.05. The lowest BCUT2D eigenvalue weighted by Crippen LogP contribution is -2.21. The molecular weight excluding hydrogens is 174 g/mol. The van der Waals surface area contributed by atoms with Gasteiger partial charge in [0.05, 0.1) is 0 Å². The van der Waals surface area contributed by atoms with Gasteiger partial charge in [-0.15, -0.1) is 0 Å². The van der Waals surface area contributed by atoms with Gasteiger partial charge in [0.1, 0.15) is 5.82 Å². The molecule has 0 bridgehead atoms. The highest BCUT2D eigenvalue weighted by Gasteiger charge is 2.00. The number of aryl methyl sites for hydroxylation is 2. The second-order valence-corrected chi connectivity index (χ2v) is 3.69. The Hall–Kier alpha value is -0.960. The molecule has 0 aliphatic rings. The van der Waals surface area contributed by atoms with Crippen LogP contribution in [0.5, 0.6) is 0 Å². The van der Waals surface area contributed by atoms with E-state index in [2.05, 4.69) is 34.9 Å². The molecule has 0 saturated heterocycles. The van der Waals surface area contributed by atoms with E-state index in [1.165, 1.54) is 0 Å². The normalized spacial score (nSPS) is 10.9. The van der Waals surface area contributed by atoms with Crippen molar-refractivity contribution in [3.05, 3.63) is 23.3 Å². The van der Waals surface area contributed by atoms with Gasteiger partial charge in [0.15, 0.2) is 0 Å². The fraction of sp³-hybridized carbons (Fsp3) is 0.636. The van der Waals surface area contributed by atoms with E-state index in [4.69, 9.17) is 0 Å². The van der Waals surface area contributed by atoms with Crippen molar-refractivity contribution in [1.29, 1.82) is 0 Å². The van der Waals surface area contributed by atoms with Gasteiger partial charge in [0.25, 0.3) is 0 Å². The maximum atomic E-state index is 4.40. The Morgan fingerprint density at radius 1 is 1.29 bits per heavy atom. The Morgan fingerprint density at radius 3 is 2.57 bits per heavy atom. The number of rotatable bonds is 4. The summed E-state index contributed by atoms with van der Waals surface area (Å²) in [7, 11) is 2.13.